The van der Waals surface area contributed by atoms with Gasteiger partial charge in [0, 0.05) is 47.7 Å². The third-order valence-corrected chi connectivity index (χ3v) is 15.2. The van der Waals surface area contributed by atoms with E-state index in [4.69, 9.17) is 18.9 Å². The number of morpholine rings is 2. The number of rotatable bonds is 12. The number of hydrogen-bond acceptors (Lipinski definition) is 13. The largest absolute Gasteiger partial charge is 0.491 e. The number of cyclic esters (lactones) is 1. The van der Waals surface area contributed by atoms with Crippen molar-refractivity contribution in [3.63, 3.8) is 0 Å². The Morgan fingerprint density at radius 1 is 0.818 bits per heavy atom. The Morgan fingerprint density at radius 2 is 1.53 bits per heavy atom. The molecule has 3 fully saturated rings. The fourth-order valence-electron chi connectivity index (χ4n) is 11.8. The third kappa shape index (κ3) is 9.58. The molecule has 3 amide bonds. The van der Waals surface area contributed by atoms with Crippen molar-refractivity contribution in [2.75, 3.05) is 54.6 Å². The first kappa shape index (κ1) is 50.5. The molecule has 6 aromatic rings. The van der Waals surface area contributed by atoms with E-state index in [2.05, 4.69) is 28.1 Å². The molecule has 0 saturated carbocycles. The number of imide groups is 1. The molecule has 5 aliphatic rings. The first-order valence-electron chi connectivity index (χ1n) is 25.9. The van der Waals surface area contributed by atoms with E-state index in [0.29, 0.717) is 59.8 Å². The Balaban J connectivity index is 1.15. The van der Waals surface area contributed by atoms with Crippen molar-refractivity contribution in [3.05, 3.63) is 207 Å². The highest BCUT2D eigenvalue weighted by molar-refractivity contribution is 6.24. The maximum atomic E-state index is 16.9. The van der Waals surface area contributed by atoms with Crippen molar-refractivity contribution in [2.45, 2.75) is 61.9 Å². The summed E-state index contributed by atoms with van der Waals surface area (Å²) in [6, 6.07) is 40.0. The second-order valence-electron chi connectivity index (χ2n) is 19.6. The quantitative estimate of drug-likeness (QED) is 0.0511. The summed E-state index contributed by atoms with van der Waals surface area (Å²) in [6.45, 7) is 1.66. The number of carbonyl (C=O) groups excluding carboxylic acids is 4. The predicted molar refractivity (Wildman–Crippen MR) is 286 cm³/mol. The second-order valence-corrected chi connectivity index (χ2v) is 19.6. The number of nitro benzene ring substituents is 1. The highest BCUT2D eigenvalue weighted by atomic mass is 16.6. The Bertz CT molecular complexity index is 3300. The summed E-state index contributed by atoms with van der Waals surface area (Å²) in [7, 11) is 0. The number of fused-ring (bicyclic) bond motifs is 3. The van der Waals surface area contributed by atoms with Crippen molar-refractivity contribution in [1.82, 2.24) is 4.90 Å². The highest BCUT2D eigenvalue weighted by Crippen LogP contribution is 2.67. The van der Waals surface area contributed by atoms with Crippen LogP contribution in [0.5, 0.6) is 5.75 Å². The zero-order valence-electron chi connectivity index (χ0n) is 42.0. The van der Waals surface area contributed by atoms with Gasteiger partial charge in [0.2, 0.25) is 11.8 Å². The van der Waals surface area contributed by atoms with Crippen LogP contribution in [0.4, 0.5) is 27.5 Å². The normalized spacial score (nSPS) is 22.7. The SMILES string of the molecule is O=C1O[C@@H](c2ccccc2)[C@@H](c2ccccc2)N2[C@@H](c3ccccc3OCCO)[C@]3(C(=O)N(C(=O)OCc4ccc([N+](=O)[O-])cc4)c4ccc(C#CC5=CCCCC5)cc43)[C@@H](C(=O)Nc3ccc(N4CCOCC4)cc3)[C@H]12. The zero-order valence-corrected chi connectivity index (χ0v) is 42.0. The summed E-state index contributed by atoms with van der Waals surface area (Å²) < 4.78 is 24.6. The van der Waals surface area contributed by atoms with Crippen LogP contribution in [-0.2, 0) is 40.6 Å². The minimum atomic E-state index is -2.18. The number of nitrogens with one attached hydrogen (secondary N) is 1. The van der Waals surface area contributed by atoms with Gasteiger partial charge in [-0.3, -0.25) is 29.4 Å². The molecule has 6 atom stereocenters. The Kier molecular flexibility index (Phi) is 14.4. The first-order chi connectivity index (χ1) is 37.6. The number of nitrogens with zero attached hydrogens (tertiary/aromatic N) is 4. The molecular weight excluding hydrogens is 979 g/mol. The third-order valence-electron chi connectivity index (χ3n) is 15.2. The lowest BCUT2D eigenvalue weighted by Gasteiger charge is -2.46. The lowest BCUT2D eigenvalue weighted by atomic mass is 9.65. The van der Waals surface area contributed by atoms with Crippen molar-refractivity contribution in [1.29, 1.82) is 0 Å². The monoisotopic (exact) mass is 1030 g/mol. The predicted octanol–water partition coefficient (Wildman–Crippen LogP) is 9.30. The maximum Gasteiger partial charge on any atom is 0.421 e. The number of aliphatic hydroxyl groups excluding tert-OH is 1. The van der Waals surface area contributed by atoms with Gasteiger partial charge in [0.1, 0.15) is 36.5 Å². The van der Waals surface area contributed by atoms with Gasteiger partial charge in [-0.2, -0.15) is 0 Å². The van der Waals surface area contributed by atoms with Crippen molar-refractivity contribution in [3.8, 4) is 17.6 Å². The molecule has 77 heavy (non-hydrogen) atoms. The molecule has 0 unspecified atom stereocenters. The number of nitro groups is 1. The van der Waals surface area contributed by atoms with Crippen LogP contribution in [0.25, 0.3) is 0 Å². The Hall–Kier alpha value is -8.62. The van der Waals surface area contributed by atoms with Gasteiger partial charge in [0.25, 0.3) is 5.69 Å². The number of aliphatic hydroxyl groups is 1. The Labute approximate surface area is 444 Å². The van der Waals surface area contributed by atoms with E-state index >= 15 is 19.2 Å². The number of carbonyl (C=O) groups is 4. The van der Waals surface area contributed by atoms with Crippen molar-refractivity contribution < 1.29 is 48.2 Å². The molecular formula is C61H55N5O11. The molecule has 11 rings (SSSR count). The second kappa shape index (κ2) is 21.9. The van der Waals surface area contributed by atoms with E-state index in [1.807, 2.05) is 77.7 Å². The zero-order chi connectivity index (χ0) is 53.0. The van der Waals surface area contributed by atoms with E-state index in [1.54, 1.807) is 54.6 Å². The maximum absolute atomic E-state index is 16.9. The smallest absolute Gasteiger partial charge is 0.421 e. The number of ether oxygens (including phenoxy) is 4. The summed E-state index contributed by atoms with van der Waals surface area (Å²) >= 11 is 0. The summed E-state index contributed by atoms with van der Waals surface area (Å²) in [5, 5.41) is 24.8. The van der Waals surface area contributed by atoms with E-state index in [9.17, 15) is 15.2 Å². The van der Waals surface area contributed by atoms with Crippen LogP contribution in [0.15, 0.2) is 163 Å². The average Bonchev–Trinajstić information content (AvgIpc) is 3.34. The van der Waals surface area contributed by atoms with E-state index in [0.717, 1.165) is 41.8 Å². The van der Waals surface area contributed by atoms with Gasteiger partial charge in [0.05, 0.1) is 48.4 Å². The number of allylic oxidation sites excluding steroid dienone is 2. The van der Waals surface area contributed by atoms with Crippen LogP contribution in [0, 0.1) is 27.9 Å². The Morgan fingerprint density at radius 3 is 2.23 bits per heavy atom. The molecule has 0 radical (unpaired) electrons. The number of hydrogen-bond donors (Lipinski definition) is 2. The van der Waals surface area contributed by atoms with E-state index in [1.165, 1.54) is 24.3 Å². The minimum absolute atomic E-state index is 0.0987. The van der Waals surface area contributed by atoms with Gasteiger partial charge in [-0.25, -0.2) is 9.69 Å². The lowest BCUT2D eigenvalue weighted by molar-refractivity contribution is -0.384. The first-order valence-corrected chi connectivity index (χ1v) is 25.9. The molecule has 6 aromatic carbocycles. The van der Waals surface area contributed by atoms with Crippen LogP contribution in [0.1, 0.15) is 77.3 Å². The van der Waals surface area contributed by atoms with Gasteiger partial charge in [-0.1, -0.05) is 96.8 Å². The molecule has 2 N–H and O–H groups in total. The van der Waals surface area contributed by atoms with Gasteiger partial charge in [-0.15, -0.1) is 0 Å². The van der Waals surface area contributed by atoms with Crippen LogP contribution in [0.3, 0.4) is 0 Å². The van der Waals surface area contributed by atoms with Crippen LogP contribution >= 0.6 is 0 Å². The molecule has 16 nitrogen and oxygen atoms in total. The molecule has 16 heteroatoms. The number of para-hydroxylation sites is 1. The standard InChI is InChI=1S/C61H55N5O11/c67-34-37-75-51-19-11-10-18-48(51)56-61(49-38-41(21-20-40-12-4-1-5-13-40)24-31-50(49)64(59(61)70)60(71)76-39-42-22-27-47(28-23-42)66(72)73)52(57(68)62-45-25-29-46(30-26-45)63-32-35-74-36-33-63)54-58(69)77-55(44-16-8-3-9-17-44)53(65(54)56)43-14-6-2-7-15-43/h2-3,6-12,14-19,22-31,38,52-56,67H,1,4-5,13,32-37,39H2,(H,62,68)/t52-,53-,54-,55+,56+,61-/m1/s1. The minimum Gasteiger partial charge on any atom is -0.491 e. The number of esters is 1. The van der Waals surface area contributed by atoms with Crippen molar-refractivity contribution >= 4 is 46.6 Å². The van der Waals surface area contributed by atoms with Gasteiger partial charge < -0.3 is 34.3 Å². The number of anilines is 3. The molecule has 1 aliphatic carbocycles. The molecule has 1 spiro atoms. The molecule has 3 saturated heterocycles. The summed E-state index contributed by atoms with van der Waals surface area (Å²) in [5.74, 6) is 2.94. The van der Waals surface area contributed by atoms with Gasteiger partial charge in [-0.05, 0) is 114 Å². The lowest BCUT2D eigenvalue weighted by Crippen LogP contribution is -2.54. The molecule has 4 heterocycles. The molecule has 0 bridgehead atoms. The van der Waals surface area contributed by atoms with Crippen LogP contribution in [-0.4, -0.2) is 84.4 Å². The fraction of sp³-hybridized carbons (Fsp3) is 0.279. The molecule has 0 aromatic heterocycles. The number of non-ortho nitro benzene ring substituents is 1. The van der Waals surface area contributed by atoms with E-state index < -0.39 is 64.4 Å². The number of benzene rings is 6. The summed E-state index contributed by atoms with van der Waals surface area (Å²) in [4.78, 5) is 79.8. The van der Waals surface area contributed by atoms with Crippen molar-refractivity contribution in [2.24, 2.45) is 5.92 Å². The van der Waals surface area contributed by atoms with Gasteiger partial charge >= 0.3 is 12.1 Å². The number of amides is 3. The van der Waals surface area contributed by atoms with Crippen LogP contribution < -0.4 is 19.9 Å². The summed E-state index contributed by atoms with van der Waals surface area (Å²) in [5.41, 5.74) is 2.93. The molecule has 390 valence electrons. The highest BCUT2D eigenvalue weighted by Gasteiger charge is 2.76. The van der Waals surface area contributed by atoms with E-state index in [-0.39, 0.29) is 42.5 Å². The van der Waals surface area contributed by atoms with Crippen LogP contribution in [0.2, 0.25) is 0 Å². The summed E-state index contributed by atoms with van der Waals surface area (Å²) in [6.07, 6.45) is 3.80. The fourth-order valence-corrected chi connectivity index (χ4v) is 11.8. The van der Waals surface area contributed by atoms with Gasteiger partial charge in [0.15, 0.2) is 0 Å². The molecule has 4 aliphatic heterocycles. The average molecular weight is 1030 g/mol. The topological polar surface area (TPSA) is 190 Å².